The second-order valence-electron chi connectivity index (χ2n) is 3.65. The summed E-state index contributed by atoms with van der Waals surface area (Å²) in [6.07, 6.45) is 5.17. The monoisotopic (exact) mass is 238 g/mol. The summed E-state index contributed by atoms with van der Waals surface area (Å²) in [7, 11) is 0. The SMILES string of the molecule is C=CC(=O)Nc1ncc(C2CCOCC2)s1. The van der Waals surface area contributed by atoms with Gasteiger partial charge in [-0.3, -0.25) is 10.1 Å². The van der Waals surface area contributed by atoms with Crippen molar-refractivity contribution in [3.05, 3.63) is 23.7 Å². The molecule has 0 radical (unpaired) electrons. The van der Waals surface area contributed by atoms with Gasteiger partial charge in [-0.25, -0.2) is 4.98 Å². The lowest BCUT2D eigenvalue weighted by atomic mass is 9.99. The first-order valence-corrected chi connectivity index (χ1v) is 6.08. The molecule has 2 heterocycles. The van der Waals surface area contributed by atoms with Crippen molar-refractivity contribution in [1.29, 1.82) is 0 Å². The molecule has 5 heteroatoms. The Bertz CT molecular complexity index is 383. The molecule has 1 saturated heterocycles. The van der Waals surface area contributed by atoms with Crippen LogP contribution < -0.4 is 5.32 Å². The summed E-state index contributed by atoms with van der Waals surface area (Å²) in [5.74, 6) is 0.313. The van der Waals surface area contributed by atoms with Gasteiger partial charge >= 0.3 is 0 Å². The number of aromatic nitrogens is 1. The van der Waals surface area contributed by atoms with Crippen molar-refractivity contribution in [2.24, 2.45) is 0 Å². The number of amides is 1. The summed E-state index contributed by atoms with van der Waals surface area (Å²) in [5.41, 5.74) is 0. The Labute approximate surface area is 98.3 Å². The fourth-order valence-electron chi connectivity index (χ4n) is 1.67. The molecule has 1 aromatic rings. The number of carbonyl (C=O) groups is 1. The summed E-state index contributed by atoms with van der Waals surface area (Å²) >= 11 is 1.54. The molecule has 86 valence electrons. The number of hydrogen-bond donors (Lipinski definition) is 1. The topological polar surface area (TPSA) is 51.2 Å². The van der Waals surface area contributed by atoms with Gasteiger partial charge in [0.15, 0.2) is 5.13 Å². The molecule has 1 N–H and O–H groups in total. The van der Waals surface area contributed by atoms with Gasteiger partial charge in [0.25, 0.3) is 0 Å². The summed E-state index contributed by atoms with van der Waals surface area (Å²) < 4.78 is 5.31. The second kappa shape index (κ2) is 5.23. The van der Waals surface area contributed by atoms with Gasteiger partial charge in [-0.05, 0) is 24.8 Å². The normalized spacial score (nSPS) is 17.0. The maximum Gasteiger partial charge on any atom is 0.249 e. The molecule has 1 aliphatic heterocycles. The summed E-state index contributed by atoms with van der Waals surface area (Å²) in [5, 5.41) is 3.32. The molecule has 0 aromatic carbocycles. The third-order valence-corrected chi connectivity index (χ3v) is 3.64. The number of rotatable bonds is 3. The minimum absolute atomic E-state index is 0.215. The van der Waals surface area contributed by atoms with E-state index in [-0.39, 0.29) is 5.91 Å². The first-order chi connectivity index (χ1) is 7.79. The summed E-state index contributed by atoms with van der Waals surface area (Å²) in [4.78, 5) is 16.5. The van der Waals surface area contributed by atoms with Crippen LogP contribution >= 0.6 is 11.3 Å². The van der Waals surface area contributed by atoms with E-state index in [2.05, 4.69) is 16.9 Å². The molecule has 0 unspecified atom stereocenters. The second-order valence-corrected chi connectivity index (χ2v) is 4.71. The van der Waals surface area contributed by atoms with Gasteiger partial charge in [0.1, 0.15) is 0 Å². The van der Waals surface area contributed by atoms with Gasteiger partial charge < -0.3 is 4.74 Å². The molecule has 1 aliphatic rings. The average Bonchev–Trinajstić information content (AvgIpc) is 2.78. The third kappa shape index (κ3) is 2.68. The molecule has 16 heavy (non-hydrogen) atoms. The molecule has 0 saturated carbocycles. The van der Waals surface area contributed by atoms with Crippen LogP contribution in [0.5, 0.6) is 0 Å². The minimum atomic E-state index is -0.215. The van der Waals surface area contributed by atoms with Crippen LogP contribution in [0.1, 0.15) is 23.6 Å². The van der Waals surface area contributed by atoms with Crippen molar-refractivity contribution in [2.75, 3.05) is 18.5 Å². The standard InChI is InChI=1S/C11H14N2O2S/c1-2-10(14)13-11-12-7-9(16-11)8-3-5-15-6-4-8/h2,7-8H,1,3-6H2,(H,12,13,14). The molecule has 1 aromatic heterocycles. The van der Waals surface area contributed by atoms with Crippen molar-refractivity contribution in [3.8, 4) is 0 Å². The average molecular weight is 238 g/mol. The Balaban J connectivity index is 2.00. The van der Waals surface area contributed by atoms with E-state index in [0.29, 0.717) is 11.0 Å². The van der Waals surface area contributed by atoms with Crippen molar-refractivity contribution in [3.63, 3.8) is 0 Å². The number of thiazole rings is 1. The molecule has 4 nitrogen and oxygen atoms in total. The van der Waals surface area contributed by atoms with Gasteiger partial charge in [-0.1, -0.05) is 6.58 Å². The van der Waals surface area contributed by atoms with E-state index in [1.807, 2.05) is 6.20 Å². The molecule has 2 rings (SSSR count). The zero-order valence-corrected chi connectivity index (χ0v) is 9.76. The highest BCUT2D eigenvalue weighted by Crippen LogP contribution is 2.32. The number of nitrogens with zero attached hydrogens (tertiary/aromatic N) is 1. The third-order valence-electron chi connectivity index (χ3n) is 2.56. The van der Waals surface area contributed by atoms with Crippen LogP contribution in [-0.4, -0.2) is 24.1 Å². The minimum Gasteiger partial charge on any atom is -0.381 e. The van der Waals surface area contributed by atoms with Crippen molar-refractivity contribution >= 4 is 22.4 Å². The summed E-state index contributed by atoms with van der Waals surface area (Å²) in [6.45, 7) is 5.03. The molecular weight excluding hydrogens is 224 g/mol. The highest BCUT2D eigenvalue weighted by Gasteiger charge is 2.18. The predicted octanol–water partition coefficient (Wildman–Crippen LogP) is 2.16. The zero-order chi connectivity index (χ0) is 11.4. The highest BCUT2D eigenvalue weighted by molar-refractivity contribution is 7.15. The highest BCUT2D eigenvalue weighted by atomic mass is 32.1. The Morgan fingerprint density at radius 3 is 3.06 bits per heavy atom. The van der Waals surface area contributed by atoms with Gasteiger partial charge in [0.2, 0.25) is 5.91 Å². The number of hydrogen-bond acceptors (Lipinski definition) is 4. The van der Waals surface area contributed by atoms with Crippen molar-refractivity contribution < 1.29 is 9.53 Å². The molecule has 1 fully saturated rings. The van der Waals surface area contributed by atoms with Crippen LogP contribution in [0.2, 0.25) is 0 Å². The van der Waals surface area contributed by atoms with E-state index in [0.717, 1.165) is 26.1 Å². The first-order valence-electron chi connectivity index (χ1n) is 5.26. The number of ether oxygens (including phenoxy) is 1. The quantitative estimate of drug-likeness (QED) is 0.821. The van der Waals surface area contributed by atoms with Gasteiger partial charge in [0.05, 0.1) is 0 Å². The fourth-order valence-corrected chi connectivity index (χ4v) is 2.66. The molecule has 0 aliphatic carbocycles. The van der Waals surface area contributed by atoms with Crippen LogP contribution in [-0.2, 0) is 9.53 Å². The van der Waals surface area contributed by atoms with Gasteiger partial charge in [-0.2, -0.15) is 0 Å². The van der Waals surface area contributed by atoms with Crippen LogP contribution in [0.4, 0.5) is 5.13 Å². The van der Waals surface area contributed by atoms with Crippen LogP contribution in [0, 0.1) is 0 Å². The van der Waals surface area contributed by atoms with Crippen molar-refractivity contribution in [2.45, 2.75) is 18.8 Å². The van der Waals surface area contributed by atoms with E-state index >= 15 is 0 Å². The number of anilines is 1. The van der Waals surface area contributed by atoms with Gasteiger partial charge in [-0.15, -0.1) is 11.3 Å². The van der Waals surface area contributed by atoms with Crippen molar-refractivity contribution in [1.82, 2.24) is 4.98 Å². The maximum absolute atomic E-state index is 11.1. The van der Waals surface area contributed by atoms with Crippen LogP contribution in [0.25, 0.3) is 0 Å². The van der Waals surface area contributed by atoms with Crippen LogP contribution in [0.15, 0.2) is 18.9 Å². The largest absolute Gasteiger partial charge is 0.381 e. The van der Waals surface area contributed by atoms with E-state index in [9.17, 15) is 4.79 Å². The molecule has 0 atom stereocenters. The first kappa shape index (κ1) is 11.3. The fraction of sp³-hybridized carbons (Fsp3) is 0.455. The number of nitrogens with one attached hydrogen (secondary N) is 1. The maximum atomic E-state index is 11.1. The van der Waals surface area contributed by atoms with E-state index in [4.69, 9.17) is 4.74 Å². The molecular formula is C11H14N2O2S. The molecule has 0 bridgehead atoms. The molecule has 1 amide bonds. The van der Waals surface area contributed by atoms with E-state index < -0.39 is 0 Å². The lowest BCUT2D eigenvalue weighted by molar-refractivity contribution is -0.111. The van der Waals surface area contributed by atoms with E-state index in [1.165, 1.54) is 22.3 Å². The predicted molar refractivity (Wildman–Crippen MR) is 63.7 cm³/mol. The Hall–Kier alpha value is -1.20. The lowest BCUT2D eigenvalue weighted by Gasteiger charge is -2.20. The molecule has 0 spiro atoms. The Morgan fingerprint density at radius 1 is 1.62 bits per heavy atom. The van der Waals surface area contributed by atoms with Crippen LogP contribution in [0.3, 0.4) is 0 Å². The Kier molecular flexibility index (Phi) is 3.69. The number of carbonyl (C=O) groups excluding carboxylic acids is 1. The summed E-state index contributed by atoms with van der Waals surface area (Å²) in [6, 6.07) is 0. The van der Waals surface area contributed by atoms with Gasteiger partial charge in [0, 0.05) is 24.3 Å². The smallest absolute Gasteiger partial charge is 0.249 e. The lowest BCUT2D eigenvalue weighted by Crippen LogP contribution is -2.12. The zero-order valence-electron chi connectivity index (χ0n) is 8.94. The Morgan fingerprint density at radius 2 is 2.38 bits per heavy atom. The van der Waals surface area contributed by atoms with E-state index in [1.54, 1.807) is 0 Å².